The zero-order chi connectivity index (χ0) is 13.8. The van der Waals surface area contributed by atoms with Gasteiger partial charge in [-0.05, 0) is 13.3 Å². The third-order valence-electron chi connectivity index (χ3n) is 3.44. The third kappa shape index (κ3) is 3.16. The number of hydrogen-bond donors (Lipinski definition) is 1. The Kier molecular flexibility index (Phi) is 4.61. The van der Waals surface area contributed by atoms with E-state index in [0.29, 0.717) is 31.1 Å². The van der Waals surface area contributed by atoms with Crippen LogP contribution in [0.1, 0.15) is 40.8 Å². The minimum Gasteiger partial charge on any atom is -0.478 e. The van der Waals surface area contributed by atoms with Crippen LogP contribution in [0.3, 0.4) is 0 Å². The summed E-state index contributed by atoms with van der Waals surface area (Å²) in [6, 6.07) is 0. The third-order valence-corrected chi connectivity index (χ3v) is 3.44. The molecule has 0 radical (unpaired) electrons. The van der Waals surface area contributed by atoms with E-state index in [4.69, 9.17) is 9.15 Å². The van der Waals surface area contributed by atoms with Gasteiger partial charge in [0.1, 0.15) is 17.1 Å². The Bertz CT molecular complexity index is 447. The van der Waals surface area contributed by atoms with Crippen LogP contribution in [0.4, 0.5) is 0 Å². The van der Waals surface area contributed by atoms with Crippen molar-refractivity contribution in [1.82, 2.24) is 4.90 Å². The summed E-state index contributed by atoms with van der Waals surface area (Å²) in [6.07, 6.45) is 1.73. The number of aryl methyl sites for hydroxylation is 2. The molecule has 1 aliphatic rings. The molecule has 2 heterocycles. The fourth-order valence-electron chi connectivity index (χ4n) is 2.51. The number of furan rings is 1. The predicted molar refractivity (Wildman–Crippen MR) is 70.5 cm³/mol. The molecule has 0 saturated carbocycles. The van der Waals surface area contributed by atoms with E-state index in [-0.39, 0.29) is 0 Å². The van der Waals surface area contributed by atoms with Crippen LogP contribution in [0, 0.1) is 6.92 Å². The molecule has 1 aromatic heterocycles. The van der Waals surface area contributed by atoms with Gasteiger partial charge in [-0.25, -0.2) is 4.79 Å². The average Bonchev–Trinajstić information content (AvgIpc) is 2.67. The Hall–Kier alpha value is -1.33. The van der Waals surface area contributed by atoms with Crippen molar-refractivity contribution in [3.05, 3.63) is 22.6 Å². The molecule has 0 aromatic carbocycles. The largest absolute Gasteiger partial charge is 0.478 e. The molecule has 106 valence electrons. The van der Waals surface area contributed by atoms with Crippen LogP contribution in [-0.4, -0.2) is 42.3 Å². The van der Waals surface area contributed by atoms with Crippen molar-refractivity contribution in [3.8, 4) is 0 Å². The van der Waals surface area contributed by atoms with Crippen LogP contribution in [0.15, 0.2) is 4.42 Å². The Labute approximate surface area is 113 Å². The van der Waals surface area contributed by atoms with Gasteiger partial charge in [-0.2, -0.15) is 0 Å². The zero-order valence-electron chi connectivity index (χ0n) is 11.6. The lowest BCUT2D eigenvalue weighted by Gasteiger charge is -2.26. The van der Waals surface area contributed by atoms with Crippen molar-refractivity contribution >= 4 is 5.97 Å². The van der Waals surface area contributed by atoms with Gasteiger partial charge in [0.25, 0.3) is 0 Å². The number of ether oxygens (including phenoxy) is 1. The summed E-state index contributed by atoms with van der Waals surface area (Å²) in [6.45, 7) is 7.54. The highest BCUT2D eigenvalue weighted by molar-refractivity contribution is 5.90. The normalized spacial score (nSPS) is 16.7. The number of aromatic carboxylic acids is 1. The van der Waals surface area contributed by atoms with E-state index in [2.05, 4.69) is 11.8 Å². The Morgan fingerprint density at radius 1 is 1.37 bits per heavy atom. The van der Waals surface area contributed by atoms with Gasteiger partial charge in [-0.1, -0.05) is 6.92 Å². The van der Waals surface area contributed by atoms with Gasteiger partial charge in [-0.15, -0.1) is 0 Å². The van der Waals surface area contributed by atoms with E-state index in [9.17, 15) is 9.90 Å². The fraction of sp³-hybridized carbons (Fsp3) is 0.643. The van der Waals surface area contributed by atoms with Crippen molar-refractivity contribution in [2.75, 3.05) is 26.3 Å². The highest BCUT2D eigenvalue weighted by Crippen LogP contribution is 2.25. The molecule has 0 spiro atoms. The molecule has 0 aliphatic carbocycles. The monoisotopic (exact) mass is 267 g/mol. The number of rotatable bonds is 5. The molecular formula is C14H21NO4. The summed E-state index contributed by atoms with van der Waals surface area (Å²) in [4.78, 5) is 13.6. The zero-order valence-corrected chi connectivity index (χ0v) is 11.6. The predicted octanol–water partition coefficient (Wildman–Crippen LogP) is 2.07. The van der Waals surface area contributed by atoms with E-state index >= 15 is 0 Å². The lowest BCUT2D eigenvalue weighted by molar-refractivity contribution is 0.0337. The molecule has 5 heteroatoms. The van der Waals surface area contributed by atoms with Gasteiger partial charge in [0.05, 0.1) is 13.2 Å². The summed E-state index contributed by atoms with van der Waals surface area (Å²) >= 11 is 0. The molecule has 1 N–H and O–H groups in total. The maximum absolute atomic E-state index is 11.4. The van der Waals surface area contributed by atoms with Gasteiger partial charge in [0, 0.05) is 31.6 Å². The summed E-state index contributed by atoms with van der Waals surface area (Å²) in [5.74, 6) is 0.440. The van der Waals surface area contributed by atoms with E-state index in [1.54, 1.807) is 6.92 Å². The molecule has 1 saturated heterocycles. The summed E-state index contributed by atoms with van der Waals surface area (Å²) < 4.78 is 11.0. The lowest BCUT2D eigenvalue weighted by Crippen LogP contribution is -2.36. The van der Waals surface area contributed by atoms with Gasteiger partial charge >= 0.3 is 5.97 Å². The molecule has 19 heavy (non-hydrogen) atoms. The van der Waals surface area contributed by atoms with Crippen molar-refractivity contribution in [2.45, 2.75) is 33.2 Å². The molecular weight excluding hydrogens is 246 g/mol. The minimum absolute atomic E-state index is 0.343. The molecule has 5 nitrogen and oxygen atoms in total. The van der Waals surface area contributed by atoms with Gasteiger partial charge in [0.2, 0.25) is 0 Å². The SMILES string of the molecule is CCCc1oc(C)c(C(=O)O)c1CN1CCOCC1. The lowest BCUT2D eigenvalue weighted by atomic mass is 10.1. The van der Waals surface area contributed by atoms with Crippen LogP contribution < -0.4 is 0 Å². The summed E-state index contributed by atoms with van der Waals surface area (Å²) in [5.41, 5.74) is 1.18. The first kappa shape index (κ1) is 14.1. The van der Waals surface area contributed by atoms with Gasteiger partial charge < -0.3 is 14.3 Å². The number of morpholine rings is 1. The number of carboxylic acids is 1. The molecule has 2 rings (SSSR count). The maximum atomic E-state index is 11.4. The van der Waals surface area contributed by atoms with Gasteiger partial charge in [0.15, 0.2) is 0 Å². The standard InChI is InChI=1S/C14H21NO4/c1-3-4-12-11(9-15-5-7-18-8-6-15)13(14(16)17)10(2)19-12/h3-9H2,1-2H3,(H,16,17). The summed E-state index contributed by atoms with van der Waals surface area (Å²) in [5, 5.41) is 9.35. The van der Waals surface area contributed by atoms with Crippen molar-refractivity contribution in [1.29, 1.82) is 0 Å². The topological polar surface area (TPSA) is 62.9 Å². The number of carbonyl (C=O) groups is 1. The first-order chi connectivity index (χ1) is 9.13. The van der Waals surface area contributed by atoms with Gasteiger partial charge in [-0.3, -0.25) is 4.90 Å². The number of hydrogen-bond acceptors (Lipinski definition) is 4. The summed E-state index contributed by atoms with van der Waals surface area (Å²) in [7, 11) is 0. The van der Waals surface area contributed by atoms with Crippen LogP contribution in [0.2, 0.25) is 0 Å². The smallest absolute Gasteiger partial charge is 0.339 e. The highest BCUT2D eigenvalue weighted by Gasteiger charge is 2.24. The molecule has 0 unspecified atom stereocenters. The Balaban J connectivity index is 2.26. The molecule has 1 fully saturated rings. The number of nitrogens with zero attached hydrogens (tertiary/aromatic N) is 1. The molecule has 0 amide bonds. The minimum atomic E-state index is -0.896. The average molecular weight is 267 g/mol. The Morgan fingerprint density at radius 2 is 2.05 bits per heavy atom. The van der Waals surface area contributed by atoms with Crippen molar-refractivity contribution in [3.63, 3.8) is 0 Å². The van der Waals surface area contributed by atoms with Crippen molar-refractivity contribution < 1.29 is 19.1 Å². The second-order valence-corrected chi connectivity index (χ2v) is 4.88. The Morgan fingerprint density at radius 3 is 2.63 bits per heavy atom. The first-order valence-corrected chi connectivity index (χ1v) is 6.78. The highest BCUT2D eigenvalue weighted by atomic mass is 16.5. The van der Waals surface area contributed by atoms with Crippen molar-refractivity contribution in [2.24, 2.45) is 0 Å². The van der Waals surface area contributed by atoms with Crippen LogP contribution in [-0.2, 0) is 17.7 Å². The van der Waals surface area contributed by atoms with E-state index in [0.717, 1.165) is 37.3 Å². The molecule has 0 atom stereocenters. The molecule has 0 bridgehead atoms. The quantitative estimate of drug-likeness (QED) is 0.884. The van der Waals surface area contributed by atoms with Crippen LogP contribution in [0.25, 0.3) is 0 Å². The van der Waals surface area contributed by atoms with Crippen LogP contribution in [0.5, 0.6) is 0 Å². The first-order valence-electron chi connectivity index (χ1n) is 6.78. The van der Waals surface area contributed by atoms with E-state index < -0.39 is 5.97 Å². The fourth-order valence-corrected chi connectivity index (χ4v) is 2.51. The molecule has 1 aliphatic heterocycles. The number of carboxylic acid groups (broad SMARTS) is 1. The van der Waals surface area contributed by atoms with Crippen LogP contribution >= 0.6 is 0 Å². The van der Waals surface area contributed by atoms with E-state index in [1.807, 2.05) is 0 Å². The second-order valence-electron chi connectivity index (χ2n) is 4.88. The maximum Gasteiger partial charge on any atom is 0.339 e. The molecule has 1 aromatic rings. The second kappa shape index (κ2) is 6.21. The van der Waals surface area contributed by atoms with E-state index in [1.165, 1.54) is 0 Å².